The van der Waals surface area contributed by atoms with Gasteiger partial charge in [0.05, 0.1) is 14.2 Å². The van der Waals surface area contributed by atoms with Gasteiger partial charge in [-0.3, -0.25) is 4.79 Å². The number of benzene rings is 1. The summed E-state index contributed by atoms with van der Waals surface area (Å²) in [6, 6.07) is 3.29. The van der Waals surface area contributed by atoms with Crippen LogP contribution in [-0.4, -0.2) is 38.5 Å². The zero-order valence-corrected chi connectivity index (χ0v) is 11.0. The van der Waals surface area contributed by atoms with Gasteiger partial charge in [0.2, 0.25) is 0 Å². The van der Waals surface area contributed by atoms with E-state index in [1.54, 1.807) is 12.1 Å². The normalized spacial score (nSPS) is 12.1. The highest BCUT2D eigenvalue weighted by Crippen LogP contribution is 2.31. The van der Waals surface area contributed by atoms with Crippen LogP contribution < -0.4 is 9.47 Å². The maximum Gasteiger partial charge on any atom is 0.161 e. The van der Waals surface area contributed by atoms with E-state index in [4.69, 9.17) is 14.2 Å². The second-order valence-corrected chi connectivity index (χ2v) is 3.82. The minimum atomic E-state index is -0.957. The molecule has 0 aliphatic heterocycles. The SMILES string of the molecule is COc1cc(CC(O)OC)c(C(C)=O)cc1OC. The number of ether oxygens (including phenoxy) is 3. The first kappa shape index (κ1) is 14.5. The molecule has 100 valence electrons. The van der Waals surface area contributed by atoms with Gasteiger partial charge in [-0.05, 0) is 24.6 Å². The largest absolute Gasteiger partial charge is 0.493 e. The van der Waals surface area contributed by atoms with Gasteiger partial charge in [-0.1, -0.05) is 0 Å². The van der Waals surface area contributed by atoms with Crippen LogP contribution in [0, 0.1) is 0 Å². The number of hydrogen-bond donors (Lipinski definition) is 1. The van der Waals surface area contributed by atoms with E-state index in [0.717, 1.165) is 0 Å². The lowest BCUT2D eigenvalue weighted by Gasteiger charge is -2.15. The molecule has 5 nitrogen and oxygen atoms in total. The van der Waals surface area contributed by atoms with Crippen molar-refractivity contribution < 1.29 is 24.1 Å². The summed E-state index contributed by atoms with van der Waals surface area (Å²) < 4.78 is 15.1. The highest BCUT2D eigenvalue weighted by atomic mass is 16.6. The lowest BCUT2D eigenvalue weighted by Crippen LogP contribution is -2.15. The van der Waals surface area contributed by atoms with Crippen LogP contribution in [0.4, 0.5) is 0 Å². The quantitative estimate of drug-likeness (QED) is 0.614. The molecule has 18 heavy (non-hydrogen) atoms. The molecule has 1 atom stereocenters. The zero-order valence-electron chi connectivity index (χ0n) is 11.0. The summed E-state index contributed by atoms with van der Waals surface area (Å²) in [7, 11) is 4.42. The summed E-state index contributed by atoms with van der Waals surface area (Å²) in [5.74, 6) is 0.897. The molecule has 0 aliphatic carbocycles. The third-order valence-corrected chi connectivity index (χ3v) is 2.66. The fourth-order valence-electron chi connectivity index (χ4n) is 1.69. The molecule has 1 aromatic carbocycles. The van der Waals surface area contributed by atoms with E-state index in [2.05, 4.69) is 0 Å². The van der Waals surface area contributed by atoms with Crippen molar-refractivity contribution in [3.05, 3.63) is 23.3 Å². The van der Waals surface area contributed by atoms with Gasteiger partial charge >= 0.3 is 0 Å². The molecule has 0 saturated carbocycles. The molecule has 0 fully saturated rings. The van der Waals surface area contributed by atoms with Gasteiger partial charge in [0.15, 0.2) is 23.6 Å². The number of carbonyl (C=O) groups excluding carboxylic acids is 1. The Morgan fingerprint density at radius 2 is 1.78 bits per heavy atom. The molecule has 0 amide bonds. The monoisotopic (exact) mass is 254 g/mol. The predicted octanol–water partition coefficient (Wildman–Crippen LogP) is 1.41. The molecule has 0 aliphatic rings. The van der Waals surface area contributed by atoms with Crippen LogP contribution in [0.15, 0.2) is 12.1 Å². The van der Waals surface area contributed by atoms with Gasteiger partial charge in [0, 0.05) is 19.1 Å². The third-order valence-electron chi connectivity index (χ3n) is 2.66. The molecule has 0 spiro atoms. The standard InChI is InChI=1S/C13H18O5/c1-8(14)10-7-12(17-3)11(16-2)5-9(10)6-13(15)18-4/h5,7,13,15H,6H2,1-4H3. The van der Waals surface area contributed by atoms with Crippen molar-refractivity contribution in [1.82, 2.24) is 0 Å². The Morgan fingerprint density at radius 1 is 1.22 bits per heavy atom. The van der Waals surface area contributed by atoms with E-state index in [0.29, 0.717) is 22.6 Å². The fourth-order valence-corrected chi connectivity index (χ4v) is 1.69. The van der Waals surface area contributed by atoms with Crippen molar-refractivity contribution >= 4 is 5.78 Å². The lowest BCUT2D eigenvalue weighted by molar-refractivity contribution is -0.0721. The highest BCUT2D eigenvalue weighted by molar-refractivity contribution is 5.96. The van der Waals surface area contributed by atoms with Gasteiger partial charge in [0.1, 0.15) is 0 Å². The second kappa shape index (κ2) is 6.37. The van der Waals surface area contributed by atoms with Gasteiger partial charge in [0.25, 0.3) is 0 Å². The molecule has 0 aromatic heterocycles. The Labute approximate surface area is 106 Å². The van der Waals surface area contributed by atoms with Crippen LogP contribution in [0.25, 0.3) is 0 Å². The van der Waals surface area contributed by atoms with Crippen LogP contribution >= 0.6 is 0 Å². The average Bonchev–Trinajstić information content (AvgIpc) is 2.37. The molecular formula is C13H18O5. The minimum Gasteiger partial charge on any atom is -0.493 e. The fraction of sp³-hybridized carbons (Fsp3) is 0.462. The first-order valence-electron chi connectivity index (χ1n) is 5.50. The zero-order chi connectivity index (χ0) is 13.7. The number of aliphatic hydroxyl groups is 1. The highest BCUT2D eigenvalue weighted by Gasteiger charge is 2.16. The number of methoxy groups -OCH3 is 3. The predicted molar refractivity (Wildman–Crippen MR) is 66.3 cm³/mol. The van der Waals surface area contributed by atoms with Gasteiger partial charge in [-0.15, -0.1) is 0 Å². The Hall–Kier alpha value is -1.59. The number of hydrogen-bond acceptors (Lipinski definition) is 5. The summed E-state index contributed by atoms with van der Waals surface area (Å²) in [4.78, 5) is 11.6. The summed E-state index contributed by atoms with van der Waals surface area (Å²) in [5, 5.41) is 9.50. The van der Waals surface area contributed by atoms with Crippen LogP contribution in [-0.2, 0) is 11.2 Å². The van der Waals surface area contributed by atoms with Crippen molar-refractivity contribution in [2.75, 3.05) is 21.3 Å². The molecule has 0 radical (unpaired) electrons. The van der Waals surface area contributed by atoms with Crippen molar-refractivity contribution in [2.24, 2.45) is 0 Å². The Bertz CT molecular complexity index is 428. The maximum atomic E-state index is 11.6. The molecule has 0 bridgehead atoms. The number of carbonyl (C=O) groups is 1. The molecule has 1 unspecified atom stereocenters. The van der Waals surface area contributed by atoms with E-state index in [1.807, 2.05) is 0 Å². The van der Waals surface area contributed by atoms with E-state index < -0.39 is 6.29 Å². The summed E-state index contributed by atoms with van der Waals surface area (Å²) in [6.45, 7) is 1.46. The van der Waals surface area contributed by atoms with Crippen molar-refractivity contribution in [3.8, 4) is 11.5 Å². The van der Waals surface area contributed by atoms with Crippen LogP contribution in [0.5, 0.6) is 11.5 Å². The topological polar surface area (TPSA) is 65.0 Å². The number of ketones is 1. The lowest BCUT2D eigenvalue weighted by atomic mass is 10.0. The summed E-state index contributed by atoms with van der Waals surface area (Å²) in [6.07, 6.45) is -0.743. The number of rotatable bonds is 6. The molecule has 5 heteroatoms. The number of aliphatic hydroxyl groups excluding tert-OH is 1. The third kappa shape index (κ3) is 3.21. The second-order valence-electron chi connectivity index (χ2n) is 3.82. The number of Topliss-reactive ketones (excluding diaryl/α,β-unsaturated/α-hetero) is 1. The summed E-state index contributed by atoms with van der Waals surface area (Å²) in [5.41, 5.74) is 1.15. The van der Waals surface area contributed by atoms with E-state index in [1.165, 1.54) is 28.3 Å². The van der Waals surface area contributed by atoms with E-state index in [-0.39, 0.29) is 12.2 Å². The van der Waals surface area contributed by atoms with Crippen molar-refractivity contribution in [2.45, 2.75) is 19.6 Å². The summed E-state index contributed by atoms with van der Waals surface area (Å²) >= 11 is 0. The molecule has 0 heterocycles. The maximum absolute atomic E-state index is 11.6. The van der Waals surface area contributed by atoms with Gasteiger partial charge < -0.3 is 19.3 Å². The smallest absolute Gasteiger partial charge is 0.161 e. The first-order chi connectivity index (χ1) is 8.53. The molecule has 1 rings (SSSR count). The molecule has 1 N–H and O–H groups in total. The van der Waals surface area contributed by atoms with Crippen LogP contribution in [0.2, 0.25) is 0 Å². The molecule has 1 aromatic rings. The first-order valence-corrected chi connectivity index (χ1v) is 5.50. The van der Waals surface area contributed by atoms with Gasteiger partial charge in [-0.25, -0.2) is 0 Å². The Morgan fingerprint density at radius 3 is 2.22 bits per heavy atom. The van der Waals surface area contributed by atoms with Crippen molar-refractivity contribution in [1.29, 1.82) is 0 Å². The van der Waals surface area contributed by atoms with Crippen LogP contribution in [0.3, 0.4) is 0 Å². The van der Waals surface area contributed by atoms with Crippen molar-refractivity contribution in [3.63, 3.8) is 0 Å². The Balaban J connectivity index is 3.24. The van der Waals surface area contributed by atoms with E-state index >= 15 is 0 Å². The van der Waals surface area contributed by atoms with Crippen LogP contribution in [0.1, 0.15) is 22.8 Å². The molecule has 0 saturated heterocycles. The minimum absolute atomic E-state index is 0.103. The van der Waals surface area contributed by atoms with Gasteiger partial charge in [-0.2, -0.15) is 0 Å². The molecular weight excluding hydrogens is 236 g/mol. The van der Waals surface area contributed by atoms with E-state index in [9.17, 15) is 9.90 Å². The average molecular weight is 254 g/mol. The Kier molecular flexibility index (Phi) is 5.12.